The van der Waals surface area contributed by atoms with Crippen LogP contribution >= 0.6 is 23.2 Å². The van der Waals surface area contributed by atoms with E-state index in [0.717, 1.165) is 16.8 Å². The van der Waals surface area contributed by atoms with Gasteiger partial charge in [0.25, 0.3) is 0 Å². The smallest absolute Gasteiger partial charge is 0.229 e. The number of nitrogens with one attached hydrogen (secondary N) is 1. The summed E-state index contributed by atoms with van der Waals surface area (Å²) in [6.45, 7) is 4.15. The Hall–Kier alpha value is -2.04. The third kappa shape index (κ3) is 3.51. The number of aryl methyl sites for hydroxylation is 2. The van der Waals surface area contributed by atoms with Crippen molar-refractivity contribution in [1.82, 2.24) is 0 Å². The number of carbonyl (C=O) groups excluding carboxylic acids is 2. The number of rotatable bonds is 3. The molecule has 25 heavy (non-hydrogen) atoms. The molecule has 1 saturated heterocycles. The van der Waals surface area contributed by atoms with E-state index in [1.165, 1.54) is 4.90 Å². The number of amides is 2. The normalized spacial score (nSPS) is 17.0. The molecule has 0 bridgehead atoms. The minimum Gasteiger partial charge on any atom is -0.325 e. The van der Waals surface area contributed by atoms with E-state index in [4.69, 9.17) is 23.2 Å². The molecule has 2 aromatic carbocycles. The minimum absolute atomic E-state index is 0.137. The zero-order chi connectivity index (χ0) is 18.1. The SMILES string of the molecule is Cc1cccc(C)c1NC(=O)C1CC(=O)N(c2c(Cl)cccc2Cl)C1. The molecule has 1 heterocycles. The maximum absolute atomic E-state index is 12.7. The highest BCUT2D eigenvalue weighted by Gasteiger charge is 2.37. The molecule has 1 atom stereocenters. The lowest BCUT2D eigenvalue weighted by atomic mass is 10.1. The van der Waals surface area contributed by atoms with E-state index in [1.807, 2.05) is 32.0 Å². The van der Waals surface area contributed by atoms with Gasteiger partial charge in [-0.15, -0.1) is 0 Å². The van der Waals surface area contributed by atoms with E-state index >= 15 is 0 Å². The third-order valence-corrected chi connectivity index (χ3v) is 5.04. The molecule has 0 saturated carbocycles. The Bertz CT molecular complexity index is 811. The standard InChI is InChI=1S/C19H18Cl2N2O2/c1-11-5-3-6-12(2)17(11)22-19(25)13-9-16(24)23(10-13)18-14(20)7-4-8-15(18)21/h3-8,13H,9-10H2,1-2H3,(H,22,25). The lowest BCUT2D eigenvalue weighted by Gasteiger charge is -2.20. The van der Waals surface area contributed by atoms with E-state index in [-0.39, 0.29) is 24.8 Å². The van der Waals surface area contributed by atoms with E-state index in [9.17, 15) is 9.59 Å². The number of benzene rings is 2. The first-order chi connectivity index (χ1) is 11.9. The van der Waals surface area contributed by atoms with Crippen molar-refractivity contribution in [3.63, 3.8) is 0 Å². The first-order valence-corrected chi connectivity index (χ1v) is 8.75. The van der Waals surface area contributed by atoms with Crippen LogP contribution in [0, 0.1) is 19.8 Å². The van der Waals surface area contributed by atoms with Crippen molar-refractivity contribution in [2.45, 2.75) is 20.3 Å². The van der Waals surface area contributed by atoms with Crippen LogP contribution in [0.5, 0.6) is 0 Å². The van der Waals surface area contributed by atoms with Crippen LogP contribution in [-0.4, -0.2) is 18.4 Å². The molecule has 2 amide bonds. The first-order valence-electron chi connectivity index (χ1n) is 8.00. The van der Waals surface area contributed by atoms with Crippen LogP contribution in [0.1, 0.15) is 17.5 Å². The van der Waals surface area contributed by atoms with Gasteiger partial charge in [0.05, 0.1) is 21.7 Å². The van der Waals surface area contributed by atoms with Crippen molar-refractivity contribution in [3.8, 4) is 0 Å². The van der Waals surface area contributed by atoms with Gasteiger partial charge in [0, 0.05) is 18.7 Å². The highest BCUT2D eigenvalue weighted by atomic mass is 35.5. The van der Waals surface area contributed by atoms with Gasteiger partial charge in [-0.2, -0.15) is 0 Å². The Morgan fingerprint density at radius 3 is 2.24 bits per heavy atom. The van der Waals surface area contributed by atoms with E-state index in [2.05, 4.69) is 5.32 Å². The molecule has 1 unspecified atom stereocenters. The summed E-state index contributed by atoms with van der Waals surface area (Å²) in [5, 5.41) is 3.76. The minimum atomic E-state index is -0.446. The number of para-hydroxylation sites is 2. The summed E-state index contributed by atoms with van der Waals surface area (Å²) in [4.78, 5) is 26.6. The van der Waals surface area contributed by atoms with Crippen molar-refractivity contribution in [2.75, 3.05) is 16.8 Å². The Kier molecular flexibility index (Phi) is 5.02. The number of anilines is 2. The van der Waals surface area contributed by atoms with Gasteiger partial charge in [0.15, 0.2) is 0 Å². The number of carbonyl (C=O) groups is 2. The van der Waals surface area contributed by atoms with Crippen molar-refractivity contribution >= 4 is 46.4 Å². The molecular weight excluding hydrogens is 359 g/mol. The second-order valence-corrected chi connectivity index (χ2v) is 7.05. The molecule has 1 N–H and O–H groups in total. The van der Waals surface area contributed by atoms with Crippen LogP contribution < -0.4 is 10.2 Å². The quantitative estimate of drug-likeness (QED) is 0.850. The molecule has 0 spiro atoms. The molecule has 0 aliphatic carbocycles. The average Bonchev–Trinajstić information content (AvgIpc) is 2.93. The summed E-state index contributed by atoms with van der Waals surface area (Å²) >= 11 is 12.4. The topological polar surface area (TPSA) is 49.4 Å². The number of halogens is 2. The van der Waals surface area contributed by atoms with Crippen molar-refractivity contribution < 1.29 is 9.59 Å². The van der Waals surface area contributed by atoms with E-state index in [0.29, 0.717) is 15.7 Å². The number of nitrogens with zero attached hydrogens (tertiary/aromatic N) is 1. The molecule has 1 aliphatic heterocycles. The zero-order valence-corrected chi connectivity index (χ0v) is 15.5. The van der Waals surface area contributed by atoms with Gasteiger partial charge in [0.2, 0.25) is 11.8 Å². The molecule has 1 aliphatic rings. The van der Waals surface area contributed by atoms with Crippen molar-refractivity contribution in [2.24, 2.45) is 5.92 Å². The third-order valence-electron chi connectivity index (χ3n) is 4.43. The van der Waals surface area contributed by atoms with Crippen LogP contribution in [0.15, 0.2) is 36.4 Å². The summed E-state index contributed by atoms with van der Waals surface area (Å²) in [7, 11) is 0. The van der Waals surface area contributed by atoms with E-state index in [1.54, 1.807) is 18.2 Å². The molecule has 4 nitrogen and oxygen atoms in total. The fourth-order valence-corrected chi connectivity index (χ4v) is 3.68. The van der Waals surface area contributed by atoms with Gasteiger partial charge in [-0.3, -0.25) is 9.59 Å². The predicted molar refractivity (Wildman–Crippen MR) is 101 cm³/mol. The fourth-order valence-electron chi connectivity index (χ4n) is 3.08. The molecule has 3 rings (SSSR count). The second kappa shape index (κ2) is 7.06. The maximum atomic E-state index is 12.7. The van der Waals surface area contributed by atoms with Crippen molar-refractivity contribution in [1.29, 1.82) is 0 Å². The summed E-state index contributed by atoms with van der Waals surface area (Å²) in [5.74, 6) is -0.771. The summed E-state index contributed by atoms with van der Waals surface area (Å²) in [6, 6.07) is 10.9. The Balaban J connectivity index is 1.80. The Morgan fingerprint density at radius 2 is 1.64 bits per heavy atom. The highest BCUT2D eigenvalue weighted by Crippen LogP contribution is 2.37. The monoisotopic (exact) mass is 376 g/mol. The molecule has 1 fully saturated rings. The molecular formula is C19H18Cl2N2O2. The molecule has 2 aromatic rings. The highest BCUT2D eigenvalue weighted by molar-refractivity contribution is 6.40. The van der Waals surface area contributed by atoms with Crippen LogP contribution in [-0.2, 0) is 9.59 Å². The van der Waals surface area contributed by atoms with Crippen molar-refractivity contribution in [3.05, 3.63) is 57.6 Å². The maximum Gasteiger partial charge on any atom is 0.229 e. The summed E-state index contributed by atoms with van der Waals surface area (Å²) in [6.07, 6.45) is 0.137. The first kappa shape index (κ1) is 17.8. The molecule has 130 valence electrons. The zero-order valence-electron chi connectivity index (χ0n) is 14.0. The van der Waals surface area contributed by atoms with Gasteiger partial charge in [-0.1, -0.05) is 47.5 Å². The fraction of sp³-hybridized carbons (Fsp3) is 0.263. The largest absolute Gasteiger partial charge is 0.325 e. The van der Waals surface area contributed by atoms with Gasteiger partial charge in [-0.05, 0) is 37.1 Å². The van der Waals surface area contributed by atoms with Crippen LogP contribution in [0.2, 0.25) is 10.0 Å². The van der Waals surface area contributed by atoms with Gasteiger partial charge < -0.3 is 10.2 Å². The van der Waals surface area contributed by atoms with Crippen LogP contribution in [0.25, 0.3) is 0 Å². The lowest BCUT2D eigenvalue weighted by molar-refractivity contribution is -0.122. The summed E-state index contributed by atoms with van der Waals surface area (Å²) in [5.41, 5.74) is 3.25. The molecule has 0 aromatic heterocycles. The predicted octanol–water partition coefficient (Wildman–Crippen LogP) is 4.60. The number of hydrogen-bond donors (Lipinski definition) is 1. The Morgan fingerprint density at radius 1 is 1.08 bits per heavy atom. The number of hydrogen-bond acceptors (Lipinski definition) is 2. The van der Waals surface area contributed by atoms with Crippen LogP contribution in [0.4, 0.5) is 11.4 Å². The van der Waals surface area contributed by atoms with Gasteiger partial charge in [0.1, 0.15) is 0 Å². The molecule has 6 heteroatoms. The average molecular weight is 377 g/mol. The second-order valence-electron chi connectivity index (χ2n) is 6.23. The summed E-state index contributed by atoms with van der Waals surface area (Å²) < 4.78 is 0. The van der Waals surface area contributed by atoms with E-state index < -0.39 is 5.92 Å². The van der Waals surface area contributed by atoms with Gasteiger partial charge in [-0.25, -0.2) is 0 Å². The molecule has 0 radical (unpaired) electrons. The Labute approximate surface area is 156 Å². The van der Waals surface area contributed by atoms with Crippen LogP contribution in [0.3, 0.4) is 0 Å². The van der Waals surface area contributed by atoms with Gasteiger partial charge >= 0.3 is 0 Å². The lowest BCUT2D eigenvalue weighted by Crippen LogP contribution is -2.28.